The van der Waals surface area contributed by atoms with Gasteiger partial charge in [-0.3, -0.25) is 19.2 Å². The average molecular weight is 391 g/mol. The van der Waals surface area contributed by atoms with Crippen molar-refractivity contribution in [2.24, 2.45) is 34.6 Å². The summed E-state index contributed by atoms with van der Waals surface area (Å²) in [6.07, 6.45) is 0. The summed E-state index contributed by atoms with van der Waals surface area (Å²) in [5, 5.41) is 0. The van der Waals surface area contributed by atoms with Gasteiger partial charge in [-0.25, -0.2) is 0 Å². The predicted octanol–water partition coefficient (Wildman–Crippen LogP) is -1.68. The molecule has 0 bridgehead atoms. The predicted molar refractivity (Wildman–Crippen MR) is 105 cm³/mol. The van der Waals surface area contributed by atoms with Crippen molar-refractivity contribution in [3.05, 3.63) is 35.9 Å². The second-order valence-corrected chi connectivity index (χ2v) is 7.28. The molecule has 28 heavy (non-hydrogen) atoms. The van der Waals surface area contributed by atoms with Gasteiger partial charge in [0, 0.05) is 0 Å². The maximum absolute atomic E-state index is 13.1. The highest BCUT2D eigenvalue weighted by Gasteiger charge is 2.53. The molecule has 0 fully saturated rings. The smallest absolute Gasteiger partial charge is 0.253 e. The third kappa shape index (κ3) is 4.50. The maximum Gasteiger partial charge on any atom is 0.253 e. The molecule has 5 unspecified atom stereocenters. The quantitative estimate of drug-likeness (QED) is 0.291. The van der Waals surface area contributed by atoms with Crippen molar-refractivity contribution in [1.29, 1.82) is 0 Å². The Morgan fingerprint density at radius 2 is 1.32 bits per heavy atom. The van der Waals surface area contributed by atoms with E-state index in [2.05, 4.69) is 0 Å². The van der Waals surface area contributed by atoms with Gasteiger partial charge in [0.15, 0.2) is 17.3 Å². The van der Waals surface area contributed by atoms with Crippen molar-refractivity contribution in [1.82, 2.24) is 0 Å². The van der Waals surface area contributed by atoms with E-state index < -0.39 is 58.8 Å². The Bertz CT molecular complexity index is 750. The Hall–Kier alpha value is -2.46. The number of benzene rings is 1. The largest absolute Gasteiger partial charge is 0.367 e. The minimum Gasteiger partial charge on any atom is -0.367 e. The summed E-state index contributed by atoms with van der Waals surface area (Å²) in [6.45, 7) is 4.70. The number of primary amides is 1. The Kier molecular flexibility index (Phi) is 7.71. The molecule has 5 atom stereocenters. The van der Waals surface area contributed by atoms with E-state index in [4.69, 9.17) is 28.7 Å². The summed E-state index contributed by atoms with van der Waals surface area (Å²) in [5.41, 5.74) is 26.4. The Balaban J connectivity index is 3.45. The lowest BCUT2D eigenvalue weighted by Gasteiger charge is -2.32. The van der Waals surface area contributed by atoms with Crippen LogP contribution in [0.5, 0.6) is 0 Å². The number of hydrogen-bond acceptors (Lipinski definition) is 8. The molecule has 0 aliphatic carbocycles. The monoisotopic (exact) mass is 391 g/mol. The number of carbonyl (C=O) groups excluding carboxylic acids is 4. The molecule has 154 valence electrons. The fourth-order valence-corrected chi connectivity index (χ4v) is 2.84. The first-order chi connectivity index (χ1) is 12.9. The standard InChI is InChI=1S/C19H29N5O4/c1-9(2)13(21)16(26)19(24,18(23)28)17(27)14(22)12(15(25)10(3)20)11-7-5-4-6-8-11/h4-10,12-14H,20-22,24H2,1-3H3,(H2,23,28). The van der Waals surface area contributed by atoms with Crippen LogP contribution < -0.4 is 28.7 Å². The van der Waals surface area contributed by atoms with Crippen LogP contribution in [0.1, 0.15) is 32.3 Å². The van der Waals surface area contributed by atoms with Gasteiger partial charge in [-0.05, 0) is 18.4 Å². The second-order valence-electron chi connectivity index (χ2n) is 7.28. The van der Waals surface area contributed by atoms with Crippen molar-refractivity contribution < 1.29 is 19.2 Å². The van der Waals surface area contributed by atoms with E-state index in [0.717, 1.165) is 0 Å². The Labute approximate surface area is 164 Å². The molecule has 0 aliphatic rings. The van der Waals surface area contributed by atoms with Crippen molar-refractivity contribution in [3.63, 3.8) is 0 Å². The molecule has 0 aliphatic heterocycles. The van der Waals surface area contributed by atoms with Crippen molar-refractivity contribution in [2.75, 3.05) is 0 Å². The summed E-state index contributed by atoms with van der Waals surface area (Å²) in [7, 11) is 0. The Morgan fingerprint density at radius 1 is 0.857 bits per heavy atom. The van der Waals surface area contributed by atoms with Gasteiger partial charge < -0.3 is 28.7 Å². The van der Waals surface area contributed by atoms with Gasteiger partial charge in [-0.15, -0.1) is 0 Å². The fraction of sp³-hybridized carbons (Fsp3) is 0.474. The lowest BCUT2D eigenvalue weighted by atomic mass is 9.74. The number of nitrogens with two attached hydrogens (primary N) is 5. The van der Waals surface area contributed by atoms with Gasteiger partial charge in [0.05, 0.1) is 24.0 Å². The van der Waals surface area contributed by atoms with E-state index in [1.807, 2.05) is 0 Å². The number of ketones is 3. The molecule has 9 nitrogen and oxygen atoms in total. The first-order valence-electron chi connectivity index (χ1n) is 8.90. The van der Waals surface area contributed by atoms with E-state index in [9.17, 15) is 19.2 Å². The number of rotatable bonds is 10. The third-order valence-electron chi connectivity index (χ3n) is 4.76. The molecule has 0 saturated heterocycles. The van der Waals surface area contributed by atoms with Crippen LogP contribution >= 0.6 is 0 Å². The van der Waals surface area contributed by atoms with Gasteiger partial charge >= 0.3 is 0 Å². The number of Topliss-reactive ketones (excluding diaryl/α,β-unsaturated/α-hetero) is 3. The van der Waals surface area contributed by atoms with Crippen LogP contribution in [-0.4, -0.2) is 46.9 Å². The molecular formula is C19H29N5O4. The lowest BCUT2D eigenvalue weighted by Crippen LogP contribution is -2.71. The van der Waals surface area contributed by atoms with Crippen LogP contribution in [0.2, 0.25) is 0 Å². The zero-order valence-corrected chi connectivity index (χ0v) is 16.3. The molecule has 0 saturated carbocycles. The van der Waals surface area contributed by atoms with E-state index in [-0.39, 0.29) is 0 Å². The molecule has 0 radical (unpaired) electrons. The highest BCUT2D eigenvalue weighted by molar-refractivity contribution is 6.31. The molecule has 0 heterocycles. The summed E-state index contributed by atoms with van der Waals surface area (Å²) in [5.74, 6) is -5.76. The molecule has 1 rings (SSSR count). The van der Waals surface area contributed by atoms with Crippen LogP contribution in [0.15, 0.2) is 30.3 Å². The SMILES string of the molecule is CC(N)C(=O)C(c1ccccc1)C(N)C(=O)C(N)(C(N)=O)C(=O)C(N)C(C)C. The average Bonchev–Trinajstić information content (AvgIpc) is 2.65. The second kappa shape index (κ2) is 9.16. The molecule has 0 spiro atoms. The zero-order chi connectivity index (χ0) is 21.8. The van der Waals surface area contributed by atoms with Crippen molar-refractivity contribution in [3.8, 4) is 0 Å². The Morgan fingerprint density at radius 3 is 1.71 bits per heavy atom. The molecule has 1 amide bonds. The van der Waals surface area contributed by atoms with E-state index >= 15 is 0 Å². The van der Waals surface area contributed by atoms with Gasteiger partial charge in [0.25, 0.3) is 5.91 Å². The fourth-order valence-electron chi connectivity index (χ4n) is 2.84. The van der Waals surface area contributed by atoms with Gasteiger partial charge in [-0.1, -0.05) is 44.2 Å². The molecule has 10 N–H and O–H groups in total. The van der Waals surface area contributed by atoms with Crippen LogP contribution in [0, 0.1) is 5.92 Å². The van der Waals surface area contributed by atoms with Crippen LogP contribution in [-0.2, 0) is 19.2 Å². The van der Waals surface area contributed by atoms with Gasteiger partial charge in [0.2, 0.25) is 5.54 Å². The molecule has 0 aromatic heterocycles. The molecule has 1 aromatic rings. The number of carbonyl (C=O) groups is 4. The summed E-state index contributed by atoms with van der Waals surface area (Å²) < 4.78 is 0. The van der Waals surface area contributed by atoms with Crippen LogP contribution in [0.4, 0.5) is 0 Å². The van der Waals surface area contributed by atoms with E-state index in [1.165, 1.54) is 6.92 Å². The van der Waals surface area contributed by atoms with Gasteiger partial charge in [0.1, 0.15) is 0 Å². The highest BCUT2D eigenvalue weighted by atomic mass is 16.2. The minimum atomic E-state index is -2.76. The first-order valence-corrected chi connectivity index (χ1v) is 8.90. The third-order valence-corrected chi connectivity index (χ3v) is 4.76. The molecular weight excluding hydrogens is 362 g/mol. The summed E-state index contributed by atoms with van der Waals surface area (Å²) in [6, 6.07) is 4.40. The van der Waals surface area contributed by atoms with Gasteiger partial charge in [-0.2, -0.15) is 0 Å². The summed E-state index contributed by atoms with van der Waals surface area (Å²) >= 11 is 0. The molecule has 9 heteroatoms. The number of hydrogen-bond donors (Lipinski definition) is 5. The normalized spacial score (nSPS) is 17.9. The highest BCUT2D eigenvalue weighted by Crippen LogP contribution is 2.25. The zero-order valence-electron chi connectivity index (χ0n) is 16.3. The van der Waals surface area contributed by atoms with Crippen molar-refractivity contribution >= 4 is 23.3 Å². The van der Waals surface area contributed by atoms with Crippen molar-refractivity contribution in [2.45, 2.75) is 50.4 Å². The summed E-state index contributed by atoms with van der Waals surface area (Å²) in [4.78, 5) is 50.5. The maximum atomic E-state index is 13.1. The topological polar surface area (TPSA) is 198 Å². The number of amides is 1. The van der Waals surface area contributed by atoms with E-state index in [0.29, 0.717) is 5.56 Å². The first kappa shape index (κ1) is 23.6. The minimum absolute atomic E-state index is 0.401. The van der Waals surface area contributed by atoms with Crippen LogP contribution in [0.25, 0.3) is 0 Å². The molecule has 1 aromatic carbocycles. The van der Waals surface area contributed by atoms with Crippen LogP contribution in [0.3, 0.4) is 0 Å². The lowest BCUT2D eigenvalue weighted by molar-refractivity contribution is -0.144. The van der Waals surface area contributed by atoms with E-state index in [1.54, 1.807) is 44.2 Å².